The minimum atomic E-state index is 1.26. The molecule has 0 spiro atoms. The monoisotopic (exact) mass is 115 g/mol. The Balaban J connectivity index is 3.25. The first-order valence-corrected chi connectivity index (χ1v) is 2.86. The first-order chi connectivity index (χ1) is 3.27. The summed E-state index contributed by atoms with van der Waals surface area (Å²) in [5.74, 6) is 0. The van der Waals surface area contributed by atoms with Crippen LogP contribution < -0.4 is 0 Å². The molecule has 7 heavy (non-hydrogen) atoms. The van der Waals surface area contributed by atoms with E-state index in [1.165, 1.54) is 17.5 Å². The third kappa shape index (κ3) is 5.76. The van der Waals surface area contributed by atoms with Crippen LogP contribution in [0, 0.1) is 0 Å². The Morgan fingerprint density at radius 2 is 2.29 bits per heavy atom. The van der Waals surface area contributed by atoms with E-state index in [1.807, 2.05) is 19.3 Å². The number of nitrogens with zero attached hydrogens (tertiary/aromatic N) is 1. The van der Waals surface area contributed by atoms with Crippen LogP contribution in [-0.2, 0) is 0 Å². The quantitative estimate of drug-likeness (QED) is 0.397. The van der Waals surface area contributed by atoms with Crippen LogP contribution in [0.4, 0.5) is 0 Å². The second kappa shape index (κ2) is 3.93. The third-order valence-corrected chi connectivity index (χ3v) is 1.09. The van der Waals surface area contributed by atoms with Gasteiger partial charge in [-0.15, -0.1) is 0 Å². The van der Waals surface area contributed by atoms with Crippen molar-refractivity contribution in [2.24, 2.45) is 4.40 Å². The van der Waals surface area contributed by atoms with Gasteiger partial charge in [-0.05, 0) is 26.0 Å². The number of allylic oxidation sites excluding steroid dienone is 1. The summed E-state index contributed by atoms with van der Waals surface area (Å²) < 4.78 is 3.57. The molecule has 0 rings (SSSR count). The summed E-state index contributed by atoms with van der Waals surface area (Å²) in [6.07, 6.45) is 0. The van der Waals surface area contributed by atoms with Gasteiger partial charge in [-0.3, -0.25) is 0 Å². The fourth-order valence-electron chi connectivity index (χ4n) is 0.143. The van der Waals surface area contributed by atoms with Crippen LogP contribution in [0.15, 0.2) is 15.4 Å². The van der Waals surface area contributed by atoms with Crippen molar-refractivity contribution in [3.63, 3.8) is 0 Å². The van der Waals surface area contributed by atoms with E-state index in [-0.39, 0.29) is 0 Å². The number of rotatable bonds is 2. The molecule has 0 atom stereocenters. The molecule has 0 N–H and O–H groups in total. The summed E-state index contributed by atoms with van der Waals surface area (Å²) in [6, 6.07) is 0. The summed E-state index contributed by atoms with van der Waals surface area (Å²) in [6.45, 7) is 7.35. The zero-order valence-corrected chi connectivity index (χ0v) is 5.46. The smallest absolute Gasteiger partial charge is 0.00141 e. The van der Waals surface area contributed by atoms with E-state index in [0.29, 0.717) is 0 Å². The van der Waals surface area contributed by atoms with Crippen molar-refractivity contribution in [2.45, 2.75) is 13.8 Å². The highest BCUT2D eigenvalue weighted by molar-refractivity contribution is 8.00. The van der Waals surface area contributed by atoms with Gasteiger partial charge in [0.15, 0.2) is 0 Å². The molecule has 0 saturated heterocycles. The maximum Gasteiger partial charge on any atom is 0.00141 e. The van der Waals surface area contributed by atoms with Crippen molar-refractivity contribution in [2.75, 3.05) is 0 Å². The third-order valence-electron chi connectivity index (χ3n) is 0.363. The van der Waals surface area contributed by atoms with Gasteiger partial charge in [0.25, 0.3) is 0 Å². The molecule has 0 radical (unpaired) electrons. The Labute approximate surface area is 48.7 Å². The molecule has 0 heterocycles. The molecule has 0 bridgehead atoms. The summed E-state index contributed by atoms with van der Waals surface area (Å²) in [5.41, 5.74) is 1.26. The Bertz CT molecular complexity index is 82.1. The van der Waals surface area contributed by atoms with Crippen LogP contribution in [0.5, 0.6) is 0 Å². The highest BCUT2D eigenvalue weighted by Crippen LogP contribution is 2.04. The molecule has 0 aliphatic rings. The van der Waals surface area contributed by atoms with Crippen LogP contribution >= 0.6 is 11.9 Å². The minimum absolute atomic E-state index is 1.26. The maximum absolute atomic E-state index is 3.57. The Morgan fingerprint density at radius 3 is 2.43 bits per heavy atom. The molecule has 0 aromatic heterocycles. The van der Waals surface area contributed by atoms with Crippen LogP contribution in [0.2, 0.25) is 0 Å². The second-order valence-corrected chi connectivity index (χ2v) is 2.13. The van der Waals surface area contributed by atoms with Crippen molar-refractivity contribution in [3.05, 3.63) is 11.0 Å². The molecule has 0 fully saturated rings. The van der Waals surface area contributed by atoms with Gasteiger partial charge in [0.2, 0.25) is 0 Å². The van der Waals surface area contributed by atoms with Crippen molar-refractivity contribution in [1.82, 2.24) is 0 Å². The topological polar surface area (TPSA) is 12.4 Å². The summed E-state index contributed by atoms with van der Waals surface area (Å²) in [7, 11) is 0. The summed E-state index contributed by atoms with van der Waals surface area (Å²) in [4.78, 5) is 0. The highest BCUT2D eigenvalue weighted by atomic mass is 32.2. The van der Waals surface area contributed by atoms with Gasteiger partial charge in [-0.2, -0.15) is 0 Å². The van der Waals surface area contributed by atoms with Crippen molar-refractivity contribution in [1.29, 1.82) is 0 Å². The Kier molecular flexibility index (Phi) is 3.80. The van der Waals surface area contributed by atoms with Crippen LogP contribution in [0.1, 0.15) is 13.8 Å². The summed E-state index contributed by atoms with van der Waals surface area (Å²) >= 11 is 1.37. The average Bonchev–Trinajstić information content (AvgIpc) is 1.61. The van der Waals surface area contributed by atoms with Gasteiger partial charge < -0.3 is 0 Å². The van der Waals surface area contributed by atoms with E-state index in [1.54, 1.807) is 0 Å². The first-order valence-electron chi connectivity index (χ1n) is 2.02. The molecule has 0 aliphatic heterocycles. The van der Waals surface area contributed by atoms with Gasteiger partial charge in [0.05, 0.1) is 0 Å². The van der Waals surface area contributed by atoms with E-state index in [2.05, 4.69) is 11.1 Å². The fourth-order valence-corrected chi connectivity index (χ4v) is 0.428. The molecule has 2 heteroatoms. The minimum Gasteiger partial charge on any atom is -0.228 e. The van der Waals surface area contributed by atoms with Gasteiger partial charge in [-0.1, -0.05) is 5.57 Å². The normalized spacial score (nSPS) is 7.71. The molecular weight excluding hydrogens is 106 g/mol. The van der Waals surface area contributed by atoms with E-state index in [0.717, 1.165) is 0 Å². The van der Waals surface area contributed by atoms with E-state index in [9.17, 15) is 0 Å². The molecule has 0 aromatic carbocycles. The van der Waals surface area contributed by atoms with E-state index < -0.39 is 0 Å². The zero-order chi connectivity index (χ0) is 5.70. The highest BCUT2D eigenvalue weighted by Gasteiger charge is 1.71. The van der Waals surface area contributed by atoms with Gasteiger partial charge in [0.1, 0.15) is 0 Å². The molecular formula is C5H9NS. The van der Waals surface area contributed by atoms with Crippen molar-refractivity contribution in [3.8, 4) is 0 Å². The Hall–Kier alpha value is -0.240. The van der Waals surface area contributed by atoms with Crippen molar-refractivity contribution >= 4 is 18.7 Å². The SMILES string of the molecule is C=NSC=C(C)C. The average molecular weight is 115 g/mol. The summed E-state index contributed by atoms with van der Waals surface area (Å²) in [5, 5.41) is 1.95. The zero-order valence-electron chi connectivity index (χ0n) is 4.64. The van der Waals surface area contributed by atoms with Crippen LogP contribution in [0.3, 0.4) is 0 Å². The molecule has 0 saturated carbocycles. The predicted octanol–water partition coefficient (Wildman–Crippen LogP) is 2.26. The fraction of sp³-hybridized carbons (Fsp3) is 0.400. The van der Waals surface area contributed by atoms with Gasteiger partial charge in [0, 0.05) is 11.9 Å². The van der Waals surface area contributed by atoms with E-state index in [4.69, 9.17) is 0 Å². The molecule has 0 amide bonds. The molecule has 40 valence electrons. The molecule has 1 nitrogen and oxygen atoms in total. The molecule has 0 aromatic rings. The largest absolute Gasteiger partial charge is 0.228 e. The van der Waals surface area contributed by atoms with Gasteiger partial charge >= 0.3 is 0 Å². The van der Waals surface area contributed by atoms with Gasteiger partial charge in [-0.25, -0.2) is 4.40 Å². The maximum atomic E-state index is 3.57. The standard InChI is InChI=1S/C5H9NS/c1-5(2)4-7-6-3/h4H,3H2,1-2H3. The van der Waals surface area contributed by atoms with Crippen molar-refractivity contribution < 1.29 is 0 Å². The lowest BCUT2D eigenvalue weighted by Gasteiger charge is -1.80. The molecule has 0 aliphatic carbocycles. The number of hydrogen-bond donors (Lipinski definition) is 0. The lowest BCUT2D eigenvalue weighted by Crippen LogP contribution is -1.54. The van der Waals surface area contributed by atoms with Crippen LogP contribution in [-0.4, -0.2) is 6.72 Å². The first kappa shape index (κ1) is 6.76. The van der Waals surface area contributed by atoms with E-state index >= 15 is 0 Å². The lowest BCUT2D eigenvalue weighted by atomic mass is 10.4. The van der Waals surface area contributed by atoms with Crippen LogP contribution in [0.25, 0.3) is 0 Å². The Morgan fingerprint density at radius 1 is 1.71 bits per heavy atom. The molecule has 0 unspecified atom stereocenters. The second-order valence-electron chi connectivity index (χ2n) is 1.43. The number of hydrogen-bond acceptors (Lipinski definition) is 2. The lowest BCUT2D eigenvalue weighted by molar-refractivity contribution is 1.41. The predicted molar refractivity (Wildman–Crippen MR) is 36.6 cm³/mol.